The first-order valence-electron chi connectivity index (χ1n) is 3.44. The number of hydrogen-bond acceptors (Lipinski definition) is 1. The minimum atomic E-state index is 0.815. The van der Waals surface area contributed by atoms with Gasteiger partial charge in [0.25, 0.3) is 0 Å². The molecule has 0 heterocycles. The second-order valence-electron chi connectivity index (χ2n) is 2.57. The predicted molar refractivity (Wildman–Crippen MR) is 44.7 cm³/mol. The Bertz CT molecular complexity index is 267. The van der Waals surface area contributed by atoms with E-state index in [0.29, 0.717) is 0 Å². The molecule has 1 N–H and O–H groups in total. The quantitative estimate of drug-likeness (QED) is 0.588. The van der Waals surface area contributed by atoms with Crippen LogP contribution in [-0.4, -0.2) is 14.1 Å². The molecular weight excluding hydrogens is 136 g/mol. The van der Waals surface area contributed by atoms with Crippen molar-refractivity contribution in [3.63, 3.8) is 0 Å². The number of anilines is 1. The molecule has 0 saturated heterocycles. The number of nitrogens with one attached hydrogen (secondary N) is 1. The van der Waals surface area contributed by atoms with Crippen molar-refractivity contribution in [2.75, 3.05) is 19.0 Å². The molecule has 0 unspecified atom stereocenters. The summed E-state index contributed by atoms with van der Waals surface area (Å²) in [6.45, 7) is 0. The molecule has 11 heavy (non-hydrogen) atoms. The Morgan fingerprint density at radius 2 is 1.73 bits per heavy atom. The molecule has 0 radical (unpaired) electrons. The van der Waals surface area contributed by atoms with E-state index < -0.39 is 0 Å². The van der Waals surface area contributed by atoms with E-state index in [1.54, 1.807) is 0 Å². The topological polar surface area (TPSA) is 27.0 Å². The first kappa shape index (κ1) is 7.62. The summed E-state index contributed by atoms with van der Waals surface area (Å²) in [6, 6.07) is 10.0. The molecule has 0 bridgehead atoms. The third-order valence-corrected chi connectivity index (χ3v) is 1.53. The van der Waals surface area contributed by atoms with Crippen molar-refractivity contribution < 1.29 is 5.26 Å². The third-order valence-electron chi connectivity index (χ3n) is 1.53. The number of hydrogen-bond donors (Lipinski definition) is 1. The number of rotatable bonds is 1. The van der Waals surface area contributed by atoms with Crippen LogP contribution in [0.4, 0.5) is 5.69 Å². The van der Waals surface area contributed by atoms with Gasteiger partial charge in [0.1, 0.15) is 5.56 Å². The van der Waals surface area contributed by atoms with Crippen molar-refractivity contribution in [1.29, 1.82) is 0 Å². The summed E-state index contributed by atoms with van der Waals surface area (Å²) in [7, 11) is 3.98. The summed E-state index contributed by atoms with van der Waals surface area (Å²) in [6.07, 6.45) is 0. The van der Waals surface area contributed by atoms with Gasteiger partial charge in [-0.3, -0.25) is 0 Å². The molecule has 0 saturated carbocycles. The average molecular weight is 147 g/mol. The van der Waals surface area contributed by atoms with Crippen LogP contribution in [0, 0.1) is 6.07 Å². The van der Waals surface area contributed by atoms with Crippen molar-refractivity contribution in [2.24, 2.45) is 0 Å². The number of nitrogens with zero attached hydrogens (tertiary/aromatic N) is 1. The van der Waals surface area contributed by atoms with Crippen LogP contribution in [0.2, 0.25) is 0 Å². The summed E-state index contributed by atoms with van der Waals surface area (Å²) in [4.78, 5) is 2.02. The monoisotopic (exact) mass is 147 g/mol. The van der Waals surface area contributed by atoms with Gasteiger partial charge in [0, 0.05) is 19.8 Å². The molecule has 1 aromatic rings. The molecule has 56 valence electrons. The lowest BCUT2D eigenvalue weighted by molar-refractivity contribution is -0.0909. The highest BCUT2D eigenvalue weighted by Crippen LogP contribution is 2.10. The van der Waals surface area contributed by atoms with Gasteiger partial charge in [-0.25, -0.2) is 0 Å². The highest BCUT2D eigenvalue weighted by molar-refractivity contribution is 5.48. The lowest BCUT2D eigenvalue weighted by atomic mass is 10.2. The maximum Gasteiger partial charge on any atom is 0.308 e. The van der Waals surface area contributed by atoms with Crippen LogP contribution in [0.1, 0.15) is 5.56 Å². The Kier molecular flexibility index (Phi) is 2.12. The fourth-order valence-electron chi connectivity index (χ4n) is 0.843. The van der Waals surface area contributed by atoms with Crippen molar-refractivity contribution in [3.05, 3.63) is 29.8 Å². The van der Waals surface area contributed by atoms with Gasteiger partial charge in [-0.2, -0.15) is 0 Å². The maximum atomic E-state index is 6.86. The van der Waals surface area contributed by atoms with Gasteiger partial charge < -0.3 is 4.90 Å². The first-order chi connectivity index (χ1) is 5.24. The fraction of sp³-hybridized carbons (Fsp3) is 0.222. The molecule has 0 aromatic heterocycles. The normalized spacial score (nSPS) is 8.82. The molecule has 0 fully saturated rings. The SMILES string of the molecule is CN(C)c1ccc(C#[NH+])cc1. The summed E-state index contributed by atoms with van der Waals surface area (Å²) in [5, 5.41) is 6.86. The van der Waals surface area contributed by atoms with Gasteiger partial charge in [-0.15, -0.1) is 0 Å². The van der Waals surface area contributed by atoms with Gasteiger partial charge in [0.15, 0.2) is 0 Å². The maximum absolute atomic E-state index is 6.86. The highest BCUT2D eigenvalue weighted by atomic mass is 15.1. The molecule has 2 nitrogen and oxygen atoms in total. The molecular formula is C9H11N2+. The lowest BCUT2D eigenvalue weighted by Gasteiger charge is -2.10. The largest absolute Gasteiger partial charge is 0.378 e. The molecule has 0 amide bonds. The Hall–Kier alpha value is -1.49. The smallest absolute Gasteiger partial charge is 0.308 e. The van der Waals surface area contributed by atoms with Crippen LogP contribution in [-0.2, 0) is 0 Å². The molecule has 0 atom stereocenters. The summed E-state index contributed by atoms with van der Waals surface area (Å²) >= 11 is 0. The van der Waals surface area contributed by atoms with E-state index in [9.17, 15) is 0 Å². The lowest BCUT2D eigenvalue weighted by Crippen LogP contribution is -2.17. The summed E-state index contributed by atoms with van der Waals surface area (Å²) in [5.41, 5.74) is 1.96. The molecule has 2 heteroatoms. The van der Waals surface area contributed by atoms with Crippen LogP contribution in [0.25, 0.3) is 0 Å². The minimum absolute atomic E-state index is 0.815. The average Bonchev–Trinajstić information content (AvgIpc) is 2.05. The molecule has 1 aromatic carbocycles. The van der Waals surface area contributed by atoms with Gasteiger partial charge in [-0.1, -0.05) is 5.26 Å². The van der Waals surface area contributed by atoms with Crippen LogP contribution in [0.3, 0.4) is 0 Å². The van der Waals surface area contributed by atoms with Crippen molar-refractivity contribution in [3.8, 4) is 6.07 Å². The van der Waals surface area contributed by atoms with Crippen molar-refractivity contribution >= 4 is 5.69 Å². The molecule has 0 aliphatic rings. The molecule has 0 aliphatic carbocycles. The standard InChI is InChI=1S/C9H10N2/c1-11(2)9-5-3-8(7-10)4-6-9/h3-6H,1-2H3/p+1. The summed E-state index contributed by atoms with van der Waals surface area (Å²) in [5.74, 6) is 0. The summed E-state index contributed by atoms with van der Waals surface area (Å²) < 4.78 is 0. The van der Waals surface area contributed by atoms with Crippen LogP contribution >= 0.6 is 0 Å². The van der Waals surface area contributed by atoms with E-state index in [2.05, 4.69) is 6.07 Å². The van der Waals surface area contributed by atoms with Gasteiger partial charge in [-0.05, 0) is 24.3 Å². The number of benzene rings is 1. The molecule has 1 rings (SSSR count). The minimum Gasteiger partial charge on any atom is -0.378 e. The zero-order valence-electron chi connectivity index (χ0n) is 6.76. The first-order valence-corrected chi connectivity index (χ1v) is 3.44. The van der Waals surface area contributed by atoms with E-state index in [-0.39, 0.29) is 0 Å². The fourth-order valence-corrected chi connectivity index (χ4v) is 0.843. The third kappa shape index (κ3) is 1.71. The zero-order chi connectivity index (χ0) is 8.27. The molecule has 0 spiro atoms. The molecule has 0 aliphatic heterocycles. The second kappa shape index (κ2) is 3.07. The van der Waals surface area contributed by atoms with E-state index in [1.165, 1.54) is 0 Å². The zero-order valence-corrected chi connectivity index (χ0v) is 6.76. The highest BCUT2D eigenvalue weighted by Gasteiger charge is 1.95. The van der Waals surface area contributed by atoms with Crippen LogP contribution in [0.15, 0.2) is 24.3 Å². The Balaban J connectivity index is 2.94. The Morgan fingerprint density at radius 3 is 2.09 bits per heavy atom. The van der Waals surface area contributed by atoms with Crippen molar-refractivity contribution in [1.82, 2.24) is 0 Å². The van der Waals surface area contributed by atoms with Gasteiger partial charge in [0.05, 0.1) is 0 Å². The Morgan fingerprint density at radius 1 is 1.18 bits per heavy atom. The van der Waals surface area contributed by atoms with Gasteiger partial charge >= 0.3 is 6.07 Å². The van der Waals surface area contributed by atoms with Gasteiger partial charge in [0.2, 0.25) is 0 Å². The van der Waals surface area contributed by atoms with E-state index in [4.69, 9.17) is 5.26 Å². The predicted octanol–water partition coefficient (Wildman–Crippen LogP) is -0.127. The van der Waals surface area contributed by atoms with E-state index in [0.717, 1.165) is 11.3 Å². The Labute approximate surface area is 66.7 Å². The van der Waals surface area contributed by atoms with E-state index in [1.807, 2.05) is 43.3 Å². The van der Waals surface area contributed by atoms with Crippen LogP contribution < -0.4 is 10.2 Å². The van der Waals surface area contributed by atoms with Crippen molar-refractivity contribution in [2.45, 2.75) is 0 Å². The second-order valence-corrected chi connectivity index (χ2v) is 2.57. The van der Waals surface area contributed by atoms with Crippen LogP contribution in [0.5, 0.6) is 0 Å². The van der Waals surface area contributed by atoms with E-state index >= 15 is 0 Å².